The summed E-state index contributed by atoms with van der Waals surface area (Å²) in [5, 5.41) is 3.36. The molecule has 106 valence electrons. The average Bonchev–Trinajstić information content (AvgIpc) is 2.84. The largest absolute Gasteiger partial charge is 0.372 e. The van der Waals surface area contributed by atoms with E-state index >= 15 is 0 Å². The van der Waals surface area contributed by atoms with Gasteiger partial charge in [0.2, 0.25) is 0 Å². The smallest absolute Gasteiger partial charge is 0.0755 e. The summed E-state index contributed by atoms with van der Waals surface area (Å²) >= 11 is 0. The van der Waals surface area contributed by atoms with Crippen molar-refractivity contribution in [3.05, 3.63) is 29.8 Å². The van der Waals surface area contributed by atoms with Crippen LogP contribution in [0.5, 0.6) is 0 Å². The Kier molecular flexibility index (Phi) is 5.23. The number of benzene rings is 1. The van der Waals surface area contributed by atoms with Crippen molar-refractivity contribution in [2.24, 2.45) is 0 Å². The highest BCUT2D eigenvalue weighted by molar-refractivity contribution is 5.47. The zero-order valence-electron chi connectivity index (χ0n) is 12.4. The van der Waals surface area contributed by atoms with Crippen LogP contribution in [0, 0.1) is 6.92 Å². The van der Waals surface area contributed by atoms with E-state index in [1.54, 1.807) is 0 Å². The number of ether oxygens (including phenoxy) is 1. The molecule has 1 fully saturated rings. The third-order valence-corrected chi connectivity index (χ3v) is 3.74. The summed E-state index contributed by atoms with van der Waals surface area (Å²) in [6, 6.07) is 8.64. The SMILES string of the molecule is CCNCC1CCC(CN(C)c2cccc(C)c2)O1. The molecule has 2 unspecified atom stereocenters. The Labute approximate surface area is 116 Å². The monoisotopic (exact) mass is 262 g/mol. The van der Waals surface area contributed by atoms with Crippen LogP contribution in [0.25, 0.3) is 0 Å². The highest BCUT2D eigenvalue weighted by Gasteiger charge is 2.25. The molecule has 1 aliphatic rings. The van der Waals surface area contributed by atoms with E-state index in [-0.39, 0.29) is 0 Å². The van der Waals surface area contributed by atoms with Crippen LogP contribution in [-0.2, 0) is 4.74 Å². The molecule has 0 aliphatic carbocycles. The van der Waals surface area contributed by atoms with Gasteiger partial charge >= 0.3 is 0 Å². The van der Waals surface area contributed by atoms with Gasteiger partial charge in [-0.25, -0.2) is 0 Å². The molecule has 0 radical (unpaired) electrons. The Balaban J connectivity index is 1.82. The summed E-state index contributed by atoms with van der Waals surface area (Å²) in [7, 11) is 2.15. The molecule has 0 saturated carbocycles. The van der Waals surface area contributed by atoms with Crippen molar-refractivity contribution < 1.29 is 4.74 Å². The van der Waals surface area contributed by atoms with Gasteiger partial charge in [-0.05, 0) is 44.0 Å². The molecular formula is C16H26N2O. The zero-order chi connectivity index (χ0) is 13.7. The second-order valence-corrected chi connectivity index (χ2v) is 5.48. The zero-order valence-corrected chi connectivity index (χ0v) is 12.4. The lowest BCUT2D eigenvalue weighted by Crippen LogP contribution is -2.31. The van der Waals surface area contributed by atoms with E-state index in [1.807, 2.05) is 0 Å². The number of aryl methyl sites for hydroxylation is 1. The molecule has 1 N–H and O–H groups in total. The van der Waals surface area contributed by atoms with Crippen LogP contribution in [0.2, 0.25) is 0 Å². The molecule has 3 nitrogen and oxygen atoms in total. The first-order valence-corrected chi connectivity index (χ1v) is 7.33. The Bertz CT molecular complexity index is 394. The van der Waals surface area contributed by atoms with Gasteiger partial charge in [-0.1, -0.05) is 19.1 Å². The normalized spacial score (nSPS) is 22.7. The summed E-state index contributed by atoms with van der Waals surface area (Å²) in [5.74, 6) is 0. The van der Waals surface area contributed by atoms with Crippen molar-refractivity contribution in [1.82, 2.24) is 5.32 Å². The lowest BCUT2D eigenvalue weighted by molar-refractivity contribution is 0.0503. The molecule has 0 amide bonds. The van der Waals surface area contributed by atoms with Gasteiger partial charge in [0.15, 0.2) is 0 Å². The number of nitrogens with zero attached hydrogens (tertiary/aromatic N) is 1. The van der Waals surface area contributed by atoms with E-state index in [1.165, 1.54) is 24.1 Å². The fourth-order valence-electron chi connectivity index (χ4n) is 2.65. The number of likely N-dealkylation sites (N-methyl/N-ethyl adjacent to an activating group) is 2. The third-order valence-electron chi connectivity index (χ3n) is 3.74. The first-order valence-electron chi connectivity index (χ1n) is 7.33. The summed E-state index contributed by atoms with van der Waals surface area (Å²) in [6.45, 7) is 7.26. The summed E-state index contributed by atoms with van der Waals surface area (Å²) < 4.78 is 6.08. The second kappa shape index (κ2) is 6.92. The van der Waals surface area contributed by atoms with E-state index in [0.717, 1.165) is 19.6 Å². The maximum Gasteiger partial charge on any atom is 0.0755 e. The predicted molar refractivity (Wildman–Crippen MR) is 80.9 cm³/mol. The lowest BCUT2D eigenvalue weighted by atomic mass is 10.1. The van der Waals surface area contributed by atoms with Gasteiger partial charge in [-0.3, -0.25) is 0 Å². The highest BCUT2D eigenvalue weighted by Crippen LogP contribution is 2.22. The molecule has 0 spiro atoms. The molecule has 3 heteroatoms. The first-order chi connectivity index (χ1) is 9.19. The van der Waals surface area contributed by atoms with Gasteiger partial charge in [0.1, 0.15) is 0 Å². The van der Waals surface area contributed by atoms with Crippen LogP contribution in [0.4, 0.5) is 5.69 Å². The number of hydrogen-bond donors (Lipinski definition) is 1. The van der Waals surface area contributed by atoms with E-state index in [2.05, 4.69) is 55.4 Å². The van der Waals surface area contributed by atoms with Gasteiger partial charge < -0.3 is 15.0 Å². The molecule has 1 saturated heterocycles. The molecule has 1 aliphatic heterocycles. The summed E-state index contributed by atoms with van der Waals surface area (Å²) in [4.78, 5) is 2.30. The molecule has 1 aromatic carbocycles. The first kappa shape index (κ1) is 14.4. The molecule has 19 heavy (non-hydrogen) atoms. The average molecular weight is 262 g/mol. The van der Waals surface area contributed by atoms with Crippen molar-refractivity contribution in [1.29, 1.82) is 0 Å². The minimum absolute atomic E-state index is 0.370. The van der Waals surface area contributed by atoms with E-state index in [0.29, 0.717) is 12.2 Å². The second-order valence-electron chi connectivity index (χ2n) is 5.48. The van der Waals surface area contributed by atoms with Crippen molar-refractivity contribution in [3.63, 3.8) is 0 Å². The van der Waals surface area contributed by atoms with E-state index < -0.39 is 0 Å². The van der Waals surface area contributed by atoms with Crippen molar-refractivity contribution in [3.8, 4) is 0 Å². The fourth-order valence-corrected chi connectivity index (χ4v) is 2.65. The van der Waals surface area contributed by atoms with E-state index in [9.17, 15) is 0 Å². The Morgan fingerprint density at radius 1 is 1.32 bits per heavy atom. The summed E-state index contributed by atoms with van der Waals surface area (Å²) in [6.07, 6.45) is 3.12. The Morgan fingerprint density at radius 2 is 2.11 bits per heavy atom. The van der Waals surface area contributed by atoms with Crippen LogP contribution in [0.1, 0.15) is 25.3 Å². The summed E-state index contributed by atoms with van der Waals surface area (Å²) in [5.41, 5.74) is 2.58. The Morgan fingerprint density at radius 3 is 2.84 bits per heavy atom. The minimum Gasteiger partial charge on any atom is -0.372 e. The minimum atomic E-state index is 0.370. The van der Waals surface area contributed by atoms with Gasteiger partial charge in [-0.15, -0.1) is 0 Å². The van der Waals surface area contributed by atoms with Crippen molar-refractivity contribution >= 4 is 5.69 Å². The van der Waals surface area contributed by atoms with Crippen LogP contribution in [0.15, 0.2) is 24.3 Å². The molecular weight excluding hydrogens is 236 g/mol. The number of nitrogens with one attached hydrogen (secondary N) is 1. The number of anilines is 1. The number of hydrogen-bond acceptors (Lipinski definition) is 3. The maximum absolute atomic E-state index is 6.08. The Hall–Kier alpha value is -1.06. The van der Waals surface area contributed by atoms with Crippen molar-refractivity contribution in [2.45, 2.75) is 38.9 Å². The number of rotatable bonds is 6. The topological polar surface area (TPSA) is 24.5 Å². The van der Waals surface area contributed by atoms with Crippen LogP contribution in [-0.4, -0.2) is 38.9 Å². The van der Waals surface area contributed by atoms with Gasteiger partial charge in [0.05, 0.1) is 12.2 Å². The van der Waals surface area contributed by atoms with Crippen LogP contribution < -0.4 is 10.2 Å². The molecule has 0 aromatic heterocycles. The van der Waals surface area contributed by atoms with Crippen molar-refractivity contribution in [2.75, 3.05) is 31.6 Å². The molecule has 0 bridgehead atoms. The maximum atomic E-state index is 6.08. The fraction of sp³-hybridized carbons (Fsp3) is 0.625. The standard InChI is InChI=1S/C16H26N2O/c1-4-17-11-15-8-9-16(19-15)12-18(3)14-7-5-6-13(2)10-14/h5-7,10,15-17H,4,8-9,11-12H2,1-3H3. The van der Waals surface area contributed by atoms with E-state index in [4.69, 9.17) is 4.74 Å². The lowest BCUT2D eigenvalue weighted by Gasteiger charge is -2.24. The molecule has 1 heterocycles. The van der Waals surface area contributed by atoms with Gasteiger partial charge in [0.25, 0.3) is 0 Å². The third kappa shape index (κ3) is 4.22. The van der Waals surface area contributed by atoms with Gasteiger partial charge in [-0.2, -0.15) is 0 Å². The predicted octanol–water partition coefficient (Wildman–Crippen LogP) is 2.59. The molecule has 2 atom stereocenters. The molecule has 1 aromatic rings. The van der Waals surface area contributed by atoms with Gasteiger partial charge in [0, 0.05) is 25.8 Å². The van der Waals surface area contributed by atoms with Crippen LogP contribution in [0.3, 0.4) is 0 Å². The molecule has 2 rings (SSSR count). The quantitative estimate of drug-likeness (QED) is 0.853. The highest BCUT2D eigenvalue weighted by atomic mass is 16.5. The van der Waals surface area contributed by atoms with Crippen LogP contribution >= 0.6 is 0 Å².